The van der Waals surface area contributed by atoms with Crippen LogP contribution in [0.15, 0.2) is 12.1 Å². The molecule has 116 valence electrons. The molecule has 0 radical (unpaired) electrons. The third kappa shape index (κ3) is 4.52. The molecule has 1 N–H and O–H groups in total. The first kappa shape index (κ1) is 16.9. The van der Waals surface area contributed by atoms with E-state index in [1.165, 1.54) is 14.8 Å². The van der Waals surface area contributed by atoms with Crippen LogP contribution in [0.1, 0.15) is 54.2 Å². The van der Waals surface area contributed by atoms with Crippen molar-refractivity contribution in [3.63, 3.8) is 0 Å². The van der Waals surface area contributed by atoms with Crippen molar-refractivity contribution in [1.29, 1.82) is 0 Å². The number of aryl methyl sites for hydroxylation is 1. The van der Waals surface area contributed by atoms with Crippen LogP contribution in [0.4, 0.5) is 0 Å². The zero-order valence-electron chi connectivity index (χ0n) is 13.3. The Morgan fingerprint density at radius 3 is 2.52 bits per heavy atom. The van der Waals surface area contributed by atoms with Crippen LogP contribution < -0.4 is 5.32 Å². The SMILES string of the molecule is Cc1nc(C(C)(C)C)sc1C(C)NCCc1ccc(Cl)s1. The van der Waals surface area contributed by atoms with E-state index in [1.807, 2.05) is 17.4 Å². The highest BCUT2D eigenvalue weighted by atomic mass is 35.5. The zero-order valence-corrected chi connectivity index (χ0v) is 15.7. The molecule has 2 aromatic rings. The largest absolute Gasteiger partial charge is 0.309 e. The molecule has 2 nitrogen and oxygen atoms in total. The van der Waals surface area contributed by atoms with Gasteiger partial charge in [0.1, 0.15) is 0 Å². The van der Waals surface area contributed by atoms with Gasteiger partial charge in [0, 0.05) is 27.8 Å². The summed E-state index contributed by atoms with van der Waals surface area (Å²) in [5.41, 5.74) is 1.28. The van der Waals surface area contributed by atoms with Crippen molar-refractivity contribution in [2.75, 3.05) is 6.54 Å². The molecule has 0 aliphatic carbocycles. The average Bonchev–Trinajstić information content (AvgIpc) is 2.95. The lowest BCUT2D eigenvalue weighted by Crippen LogP contribution is -2.20. The molecule has 1 unspecified atom stereocenters. The second kappa shape index (κ2) is 6.78. The fourth-order valence-electron chi connectivity index (χ4n) is 2.12. The van der Waals surface area contributed by atoms with Gasteiger partial charge in [-0.05, 0) is 32.4 Å². The fraction of sp³-hybridized carbons (Fsp3) is 0.562. The molecule has 0 fully saturated rings. The monoisotopic (exact) mass is 342 g/mol. The summed E-state index contributed by atoms with van der Waals surface area (Å²) in [5.74, 6) is 0. The lowest BCUT2D eigenvalue weighted by molar-refractivity contribution is 0.579. The maximum Gasteiger partial charge on any atom is 0.0985 e. The minimum absolute atomic E-state index is 0.126. The second-order valence-corrected chi connectivity index (χ2v) is 9.18. The molecular formula is C16H23ClN2S2. The highest BCUT2D eigenvalue weighted by Gasteiger charge is 2.22. The molecule has 2 rings (SSSR count). The minimum atomic E-state index is 0.126. The van der Waals surface area contributed by atoms with Gasteiger partial charge in [-0.2, -0.15) is 0 Å². The maximum absolute atomic E-state index is 5.96. The first-order chi connectivity index (χ1) is 9.77. The van der Waals surface area contributed by atoms with E-state index in [2.05, 4.69) is 46.0 Å². The molecule has 0 aromatic carbocycles. The van der Waals surface area contributed by atoms with Crippen LogP contribution in [-0.2, 0) is 11.8 Å². The molecule has 0 bridgehead atoms. The van der Waals surface area contributed by atoms with Gasteiger partial charge in [0.2, 0.25) is 0 Å². The standard InChI is InChI=1S/C16H23ClN2S2/c1-10(18-9-8-12-6-7-13(17)20-12)14-11(2)19-15(21-14)16(3,4)5/h6-7,10,18H,8-9H2,1-5H3. The number of hydrogen-bond donors (Lipinski definition) is 1. The number of hydrogen-bond acceptors (Lipinski definition) is 4. The highest BCUT2D eigenvalue weighted by molar-refractivity contribution is 7.16. The summed E-state index contributed by atoms with van der Waals surface area (Å²) in [6.45, 7) is 11.9. The van der Waals surface area contributed by atoms with E-state index in [9.17, 15) is 0 Å². The number of thiophene rings is 1. The van der Waals surface area contributed by atoms with Gasteiger partial charge in [0.25, 0.3) is 0 Å². The van der Waals surface area contributed by atoms with E-state index in [0.29, 0.717) is 6.04 Å². The summed E-state index contributed by atoms with van der Waals surface area (Å²) in [6.07, 6.45) is 1.02. The van der Waals surface area contributed by atoms with Crippen LogP contribution in [0.2, 0.25) is 4.34 Å². The van der Waals surface area contributed by atoms with E-state index >= 15 is 0 Å². The van der Waals surface area contributed by atoms with Crippen LogP contribution >= 0.6 is 34.3 Å². The fourth-order valence-corrected chi connectivity index (χ4v) is 4.36. The molecule has 2 heterocycles. The molecule has 0 saturated heterocycles. The maximum atomic E-state index is 5.96. The van der Waals surface area contributed by atoms with Gasteiger partial charge in [-0.25, -0.2) is 4.98 Å². The summed E-state index contributed by atoms with van der Waals surface area (Å²) in [6, 6.07) is 4.41. The van der Waals surface area contributed by atoms with Gasteiger partial charge < -0.3 is 5.32 Å². The number of rotatable bonds is 5. The van der Waals surface area contributed by atoms with Crippen molar-refractivity contribution in [3.8, 4) is 0 Å². The zero-order chi connectivity index (χ0) is 15.6. The van der Waals surface area contributed by atoms with Gasteiger partial charge in [-0.3, -0.25) is 0 Å². The number of nitrogens with zero attached hydrogens (tertiary/aromatic N) is 1. The van der Waals surface area contributed by atoms with Gasteiger partial charge in [-0.15, -0.1) is 22.7 Å². The Hall–Kier alpha value is -0.420. The Bertz CT molecular complexity index is 596. The number of aromatic nitrogens is 1. The molecule has 2 aromatic heterocycles. The van der Waals surface area contributed by atoms with Crippen LogP contribution in [0.5, 0.6) is 0 Å². The van der Waals surface area contributed by atoms with Crippen molar-refractivity contribution in [2.45, 2.75) is 52.5 Å². The molecule has 0 aliphatic heterocycles. The molecular weight excluding hydrogens is 320 g/mol. The predicted octanol–water partition coefficient (Wildman–Crippen LogP) is 5.36. The van der Waals surface area contributed by atoms with Crippen molar-refractivity contribution in [2.24, 2.45) is 0 Å². The highest BCUT2D eigenvalue weighted by Crippen LogP contribution is 2.32. The second-order valence-electron chi connectivity index (χ2n) is 6.35. The van der Waals surface area contributed by atoms with Gasteiger partial charge in [0.05, 0.1) is 15.0 Å². The lowest BCUT2D eigenvalue weighted by atomic mass is 9.98. The number of nitrogens with one attached hydrogen (secondary N) is 1. The van der Waals surface area contributed by atoms with Crippen LogP contribution in [0, 0.1) is 6.92 Å². The Morgan fingerprint density at radius 2 is 2.00 bits per heavy atom. The van der Waals surface area contributed by atoms with Crippen molar-refractivity contribution in [1.82, 2.24) is 10.3 Å². The van der Waals surface area contributed by atoms with E-state index in [0.717, 1.165) is 23.0 Å². The summed E-state index contributed by atoms with van der Waals surface area (Å²) in [5, 5.41) is 4.81. The van der Waals surface area contributed by atoms with E-state index < -0.39 is 0 Å². The molecule has 0 amide bonds. The lowest BCUT2D eigenvalue weighted by Gasteiger charge is -2.14. The summed E-state index contributed by atoms with van der Waals surface area (Å²) in [7, 11) is 0. The Labute approximate surface area is 140 Å². The minimum Gasteiger partial charge on any atom is -0.309 e. The Morgan fingerprint density at radius 1 is 1.29 bits per heavy atom. The summed E-state index contributed by atoms with van der Waals surface area (Å²) >= 11 is 9.45. The third-order valence-electron chi connectivity index (χ3n) is 3.32. The Balaban J connectivity index is 1.94. The summed E-state index contributed by atoms with van der Waals surface area (Å²) < 4.78 is 0.867. The molecule has 0 aliphatic rings. The molecule has 0 spiro atoms. The van der Waals surface area contributed by atoms with Crippen LogP contribution in [0.25, 0.3) is 0 Å². The predicted molar refractivity (Wildman–Crippen MR) is 95.0 cm³/mol. The van der Waals surface area contributed by atoms with Gasteiger partial charge in [-0.1, -0.05) is 32.4 Å². The smallest absolute Gasteiger partial charge is 0.0985 e. The normalized spacial score (nSPS) is 13.6. The van der Waals surface area contributed by atoms with E-state index in [1.54, 1.807) is 11.3 Å². The molecule has 1 atom stereocenters. The van der Waals surface area contributed by atoms with Crippen molar-refractivity contribution < 1.29 is 0 Å². The van der Waals surface area contributed by atoms with Crippen LogP contribution in [0.3, 0.4) is 0 Å². The quantitative estimate of drug-likeness (QED) is 0.791. The number of thiazole rings is 1. The van der Waals surface area contributed by atoms with Crippen molar-refractivity contribution in [3.05, 3.63) is 36.9 Å². The van der Waals surface area contributed by atoms with E-state index in [4.69, 9.17) is 16.6 Å². The first-order valence-electron chi connectivity index (χ1n) is 7.23. The van der Waals surface area contributed by atoms with Crippen LogP contribution in [-0.4, -0.2) is 11.5 Å². The number of halogens is 1. The first-order valence-corrected chi connectivity index (χ1v) is 9.24. The van der Waals surface area contributed by atoms with E-state index in [-0.39, 0.29) is 5.41 Å². The molecule has 5 heteroatoms. The summed E-state index contributed by atoms with van der Waals surface area (Å²) in [4.78, 5) is 7.42. The topological polar surface area (TPSA) is 24.9 Å². The van der Waals surface area contributed by atoms with Crippen molar-refractivity contribution >= 4 is 34.3 Å². The molecule has 0 saturated carbocycles. The third-order valence-corrected chi connectivity index (χ3v) is 6.37. The average molecular weight is 343 g/mol. The Kier molecular flexibility index (Phi) is 5.47. The molecule has 21 heavy (non-hydrogen) atoms. The van der Waals surface area contributed by atoms with Gasteiger partial charge >= 0.3 is 0 Å². The van der Waals surface area contributed by atoms with Gasteiger partial charge in [0.15, 0.2) is 0 Å².